The van der Waals surface area contributed by atoms with Crippen molar-refractivity contribution in [2.24, 2.45) is 5.10 Å². The number of benzene rings is 3. The third kappa shape index (κ3) is 8.24. The number of carbonyl (C=O) groups is 2. The Kier molecular flexibility index (Phi) is 9.51. The topological polar surface area (TPSA) is 129 Å². The van der Waals surface area contributed by atoms with Crippen molar-refractivity contribution in [2.75, 3.05) is 13.2 Å². The van der Waals surface area contributed by atoms with Gasteiger partial charge in [0.1, 0.15) is 17.2 Å². The molecule has 36 heavy (non-hydrogen) atoms. The summed E-state index contributed by atoms with van der Waals surface area (Å²) in [6.45, 7) is 2.41. The van der Waals surface area contributed by atoms with Crippen LogP contribution in [0.15, 0.2) is 77.9 Å². The molecule has 0 bridgehead atoms. The van der Waals surface area contributed by atoms with Gasteiger partial charge in [-0.15, -0.1) is 0 Å². The molecule has 0 aliphatic carbocycles. The lowest BCUT2D eigenvalue weighted by atomic mass is 10.2. The van der Waals surface area contributed by atoms with E-state index in [0.717, 1.165) is 12.8 Å². The third-order valence-electron chi connectivity index (χ3n) is 4.77. The molecule has 0 aromatic heterocycles. The lowest BCUT2D eigenvalue weighted by Gasteiger charge is -2.07. The molecule has 0 spiro atoms. The van der Waals surface area contributed by atoms with Gasteiger partial charge in [-0.1, -0.05) is 13.3 Å². The molecule has 186 valence electrons. The number of nitrogens with one attached hydrogen (secondary N) is 1. The van der Waals surface area contributed by atoms with Crippen LogP contribution >= 0.6 is 0 Å². The number of nitrogens with zero attached hydrogens (tertiary/aromatic N) is 2. The van der Waals surface area contributed by atoms with Gasteiger partial charge in [-0.25, -0.2) is 10.2 Å². The summed E-state index contributed by atoms with van der Waals surface area (Å²) in [5.41, 5.74) is 3.32. The molecule has 0 unspecified atom stereocenters. The number of hydrogen-bond donors (Lipinski definition) is 1. The second kappa shape index (κ2) is 13.2. The van der Waals surface area contributed by atoms with Gasteiger partial charge in [0.15, 0.2) is 6.61 Å². The van der Waals surface area contributed by atoms with Crippen molar-refractivity contribution < 1.29 is 28.7 Å². The van der Waals surface area contributed by atoms with Crippen molar-refractivity contribution >= 4 is 23.8 Å². The number of hydrogen-bond acceptors (Lipinski definition) is 8. The first-order valence-electron chi connectivity index (χ1n) is 11.2. The number of nitro benzene ring substituents is 1. The normalized spacial score (nSPS) is 10.6. The van der Waals surface area contributed by atoms with Crippen molar-refractivity contribution in [3.63, 3.8) is 0 Å². The van der Waals surface area contributed by atoms with Gasteiger partial charge in [-0.3, -0.25) is 14.9 Å². The quantitative estimate of drug-likeness (QED) is 0.0984. The Morgan fingerprint density at radius 3 is 2.17 bits per heavy atom. The van der Waals surface area contributed by atoms with E-state index in [2.05, 4.69) is 17.5 Å². The van der Waals surface area contributed by atoms with Gasteiger partial charge in [-0.2, -0.15) is 5.10 Å². The summed E-state index contributed by atoms with van der Waals surface area (Å²) in [5.74, 6) is 0.393. The molecule has 0 saturated carbocycles. The average molecular weight is 492 g/mol. The van der Waals surface area contributed by atoms with Crippen molar-refractivity contribution in [3.05, 3.63) is 94.0 Å². The Bertz CT molecular complexity index is 1190. The van der Waals surface area contributed by atoms with Crippen LogP contribution in [0.3, 0.4) is 0 Å². The zero-order valence-electron chi connectivity index (χ0n) is 19.6. The first kappa shape index (κ1) is 25.9. The number of amides is 1. The summed E-state index contributed by atoms with van der Waals surface area (Å²) in [6.07, 6.45) is 3.44. The number of nitro groups is 1. The van der Waals surface area contributed by atoms with Crippen molar-refractivity contribution in [3.8, 4) is 17.2 Å². The van der Waals surface area contributed by atoms with E-state index in [4.69, 9.17) is 14.2 Å². The number of ether oxygens (including phenoxy) is 3. The second-order valence-corrected chi connectivity index (χ2v) is 7.52. The molecule has 10 nitrogen and oxygen atoms in total. The van der Waals surface area contributed by atoms with E-state index >= 15 is 0 Å². The third-order valence-corrected chi connectivity index (χ3v) is 4.77. The fraction of sp³-hybridized carbons (Fsp3) is 0.192. The van der Waals surface area contributed by atoms with Crippen LogP contribution in [0.1, 0.15) is 35.7 Å². The number of carbonyl (C=O) groups excluding carboxylic acids is 2. The molecule has 0 aliphatic heterocycles. The van der Waals surface area contributed by atoms with Crippen LogP contribution < -0.4 is 19.6 Å². The molecule has 0 heterocycles. The molecule has 0 fully saturated rings. The Hall–Kier alpha value is -4.73. The Labute approximate surface area is 207 Å². The number of rotatable bonds is 12. The van der Waals surface area contributed by atoms with Crippen molar-refractivity contribution in [2.45, 2.75) is 19.8 Å². The van der Waals surface area contributed by atoms with Crippen LogP contribution in [0.2, 0.25) is 0 Å². The summed E-state index contributed by atoms with van der Waals surface area (Å²) in [5, 5.41) is 14.5. The minimum atomic E-state index is -0.523. The summed E-state index contributed by atoms with van der Waals surface area (Å²) in [6, 6.07) is 18.7. The van der Waals surface area contributed by atoms with Crippen LogP contribution in [-0.2, 0) is 4.79 Å². The minimum absolute atomic E-state index is 0.0703. The van der Waals surface area contributed by atoms with E-state index < -0.39 is 16.8 Å². The highest BCUT2D eigenvalue weighted by molar-refractivity contribution is 5.91. The summed E-state index contributed by atoms with van der Waals surface area (Å²) in [7, 11) is 0. The van der Waals surface area contributed by atoms with Gasteiger partial charge >= 0.3 is 5.97 Å². The maximum atomic E-state index is 12.3. The highest BCUT2D eigenvalue weighted by atomic mass is 16.6. The van der Waals surface area contributed by atoms with E-state index in [1.54, 1.807) is 48.5 Å². The Morgan fingerprint density at radius 1 is 0.917 bits per heavy atom. The fourth-order valence-electron chi connectivity index (χ4n) is 2.83. The van der Waals surface area contributed by atoms with Gasteiger partial charge in [0, 0.05) is 12.1 Å². The molecule has 0 radical (unpaired) electrons. The molecule has 10 heteroatoms. The molecule has 0 aliphatic rings. The molecule has 3 aromatic rings. The fourth-order valence-corrected chi connectivity index (χ4v) is 2.83. The molecule has 0 saturated heterocycles. The summed E-state index contributed by atoms with van der Waals surface area (Å²) < 4.78 is 16.2. The van der Waals surface area contributed by atoms with Gasteiger partial charge in [0.05, 0.1) is 23.3 Å². The molecule has 1 amide bonds. The van der Waals surface area contributed by atoms with Crippen LogP contribution in [0.4, 0.5) is 5.69 Å². The number of non-ortho nitro benzene ring substituents is 1. The number of hydrazone groups is 1. The van der Waals surface area contributed by atoms with E-state index in [-0.39, 0.29) is 12.3 Å². The molecule has 3 aromatic carbocycles. The summed E-state index contributed by atoms with van der Waals surface area (Å²) >= 11 is 0. The zero-order chi connectivity index (χ0) is 25.8. The summed E-state index contributed by atoms with van der Waals surface area (Å²) in [4.78, 5) is 34.3. The van der Waals surface area contributed by atoms with E-state index in [9.17, 15) is 19.7 Å². The highest BCUT2D eigenvalue weighted by Gasteiger charge is 2.09. The molecular weight excluding hydrogens is 466 g/mol. The van der Waals surface area contributed by atoms with Gasteiger partial charge in [-0.05, 0) is 72.6 Å². The lowest BCUT2D eigenvalue weighted by molar-refractivity contribution is -0.384. The van der Waals surface area contributed by atoms with Crippen molar-refractivity contribution in [1.29, 1.82) is 0 Å². The largest absolute Gasteiger partial charge is 0.494 e. The first-order chi connectivity index (χ1) is 17.4. The SMILES string of the molecule is CCCCOc1ccc(C(=O)Oc2ccc(/C=N\NC(=O)COc3ccc([N+](=O)[O-])cc3)cc2)cc1. The van der Waals surface area contributed by atoms with Gasteiger partial charge in [0.25, 0.3) is 11.6 Å². The van der Waals surface area contributed by atoms with Gasteiger partial charge in [0.2, 0.25) is 0 Å². The second-order valence-electron chi connectivity index (χ2n) is 7.52. The predicted molar refractivity (Wildman–Crippen MR) is 133 cm³/mol. The van der Waals surface area contributed by atoms with Crippen LogP contribution in [-0.4, -0.2) is 36.2 Å². The average Bonchev–Trinajstić information content (AvgIpc) is 2.89. The minimum Gasteiger partial charge on any atom is -0.494 e. The van der Waals surface area contributed by atoms with E-state index in [0.29, 0.717) is 35.0 Å². The number of unbranched alkanes of at least 4 members (excludes halogenated alkanes) is 1. The molecule has 1 N–H and O–H groups in total. The smallest absolute Gasteiger partial charge is 0.343 e. The predicted octanol–water partition coefficient (Wildman–Crippen LogP) is 4.52. The van der Waals surface area contributed by atoms with Crippen LogP contribution in [0.5, 0.6) is 17.2 Å². The Morgan fingerprint density at radius 2 is 1.53 bits per heavy atom. The van der Waals surface area contributed by atoms with Crippen molar-refractivity contribution in [1.82, 2.24) is 5.43 Å². The maximum Gasteiger partial charge on any atom is 0.343 e. The molecule has 3 rings (SSSR count). The highest BCUT2D eigenvalue weighted by Crippen LogP contribution is 2.18. The standard InChI is InChI=1S/C26H25N3O7/c1-2-3-16-34-22-12-6-20(7-13-22)26(31)36-24-10-4-19(5-11-24)17-27-28-25(30)18-35-23-14-8-21(9-15-23)29(32)33/h4-15,17H,2-3,16,18H2,1H3,(H,28,30)/b27-17-. The first-order valence-corrected chi connectivity index (χ1v) is 11.2. The zero-order valence-corrected chi connectivity index (χ0v) is 19.6. The molecule has 0 atom stereocenters. The lowest BCUT2D eigenvalue weighted by Crippen LogP contribution is -2.24. The van der Waals surface area contributed by atoms with E-state index in [1.165, 1.54) is 30.5 Å². The maximum absolute atomic E-state index is 12.3. The van der Waals surface area contributed by atoms with Gasteiger partial charge < -0.3 is 14.2 Å². The molecular formula is C26H25N3O7. The van der Waals surface area contributed by atoms with Crippen LogP contribution in [0, 0.1) is 10.1 Å². The monoisotopic (exact) mass is 491 g/mol. The van der Waals surface area contributed by atoms with E-state index in [1.807, 2.05) is 0 Å². The van der Waals surface area contributed by atoms with Crippen LogP contribution in [0.25, 0.3) is 0 Å². The number of esters is 1. The Balaban J connectivity index is 1.42.